The Morgan fingerprint density at radius 2 is 1.00 bits per heavy atom. The monoisotopic (exact) mass is 243 g/mol. The molecular weight excluding hydrogens is 243 g/mol. The van der Waals surface area contributed by atoms with Crippen LogP contribution < -0.4 is 0 Å². The molecule has 0 bridgehead atoms. The molecule has 0 spiro atoms. The summed E-state index contributed by atoms with van der Waals surface area (Å²) in [4.78, 5) is 0. The molecule has 4 nitrogen and oxygen atoms in total. The SMILES string of the molecule is [Mn+2].[O-2].[O-2].[OH][Ni][OH].[Zn+2]. The minimum Gasteiger partial charge on any atom is 2.00 e. The molecule has 0 unspecified atom stereocenters. The van der Waals surface area contributed by atoms with E-state index in [0.717, 1.165) is 0 Å². The second-order valence-electron chi connectivity index (χ2n) is 0.0632. The molecule has 0 fully saturated rings. The molecule has 0 aliphatic rings. The summed E-state index contributed by atoms with van der Waals surface area (Å²) in [6.45, 7) is 0. The van der Waals surface area contributed by atoms with E-state index >= 15 is 0 Å². The van der Waals surface area contributed by atoms with Crippen LogP contribution in [0.5, 0.6) is 0 Å². The van der Waals surface area contributed by atoms with Crippen LogP contribution in [0, 0.1) is 0 Å². The zero-order valence-electron chi connectivity index (χ0n) is 3.11. The molecule has 0 saturated heterocycles. The fraction of sp³-hybridized carbons (Fsp3) is 0. The maximum Gasteiger partial charge on any atom is 2.00 e. The summed E-state index contributed by atoms with van der Waals surface area (Å²) in [6, 6.07) is 0. The topological polar surface area (TPSA) is 97.5 Å². The van der Waals surface area contributed by atoms with Gasteiger partial charge in [0, 0.05) is 0 Å². The van der Waals surface area contributed by atoms with Crippen molar-refractivity contribution in [3.8, 4) is 0 Å². The predicted octanol–water partition coefficient (Wildman–Crippen LogP) is -1.36. The minimum atomic E-state index is -0.375. The Kier molecular flexibility index (Phi) is 286. The molecular formula is H2MnNiO4Zn. The summed E-state index contributed by atoms with van der Waals surface area (Å²) in [5.41, 5.74) is 0. The summed E-state index contributed by atoms with van der Waals surface area (Å²) in [6.07, 6.45) is 0. The minimum absolute atomic E-state index is 0. The molecule has 0 aliphatic heterocycles. The maximum atomic E-state index is 7.06. The first kappa shape index (κ1) is 39.2. The van der Waals surface area contributed by atoms with Crippen molar-refractivity contribution in [3.05, 3.63) is 0 Å². The molecule has 0 aromatic rings. The second kappa shape index (κ2) is 51.1. The maximum absolute atomic E-state index is 7.06. The van der Waals surface area contributed by atoms with Crippen molar-refractivity contribution in [2.45, 2.75) is 0 Å². The third-order valence-corrected chi connectivity index (χ3v) is 0. The van der Waals surface area contributed by atoms with Crippen LogP contribution in [0.1, 0.15) is 0 Å². The largest absolute Gasteiger partial charge is 2.00 e. The average Bonchev–Trinajstić information content (AvgIpc) is 0.918. The van der Waals surface area contributed by atoms with Crippen molar-refractivity contribution in [3.63, 3.8) is 0 Å². The standard InChI is InChI=1S/Mn.Ni.2H2O.2O.Zn/h;;2*1H2;;;/q2*+2;;;2*-2;+2/p-2. The van der Waals surface area contributed by atoms with Gasteiger partial charge >= 0.3 is 60.1 Å². The Bertz CT molecular complexity index is 11.7. The first-order chi connectivity index (χ1) is 1.41. The van der Waals surface area contributed by atoms with Crippen molar-refractivity contribution >= 4 is 0 Å². The van der Waals surface area contributed by atoms with Gasteiger partial charge < -0.3 is 11.0 Å². The van der Waals surface area contributed by atoms with Crippen LogP contribution in [0.4, 0.5) is 0 Å². The first-order valence-corrected chi connectivity index (χ1v) is 1.17. The van der Waals surface area contributed by atoms with E-state index in [1.807, 2.05) is 0 Å². The van der Waals surface area contributed by atoms with E-state index in [0.29, 0.717) is 0 Å². The van der Waals surface area contributed by atoms with E-state index < -0.39 is 0 Å². The number of rotatable bonds is 0. The van der Waals surface area contributed by atoms with Crippen LogP contribution in [-0.2, 0) is 62.6 Å². The molecule has 1 radical (unpaired) electrons. The van der Waals surface area contributed by atoms with Crippen LogP contribution in [0.15, 0.2) is 0 Å². The molecule has 2 N–H and O–H groups in total. The van der Waals surface area contributed by atoms with Crippen molar-refractivity contribution in [2.24, 2.45) is 0 Å². The normalized spacial score (nSPS) is 3.14. The van der Waals surface area contributed by atoms with Crippen molar-refractivity contribution in [1.82, 2.24) is 0 Å². The molecule has 0 heterocycles. The molecule has 7 heavy (non-hydrogen) atoms. The third-order valence-electron chi connectivity index (χ3n) is 0. The zero-order chi connectivity index (χ0) is 2.71. The van der Waals surface area contributed by atoms with Crippen molar-refractivity contribution in [1.29, 1.82) is 0 Å². The zero-order valence-corrected chi connectivity index (χ0v) is 8.25. The van der Waals surface area contributed by atoms with Gasteiger partial charge in [-0.05, 0) is 0 Å². The smallest absolute Gasteiger partial charge is 2.00 e. The van der Waals surface area contributed by atoms with E-state index in [2.05, 4.69) is 0 Å². The van der Waals surface area contributed by atoms with E-state index in [4.69, 9.17) is 8.50 Å². The van der Waals surface area contributed by atoms with Gasteiger partial charge in [-0.2, -0.15) is 0 Å². The molecule has 0 amide bonds. The summed E-state index contributed by atoms with van der Waals surface area (Å²) in [5.74, 6) is 0. The number of hydrogen-bond donors (Lipinski definition) is 2. The van der Waals surface area contributed by atoms with E-state index in [1.165, 1.54) is 0 Å². The molecule has 45 valence electrons. The van der Waals surface area contributed by atoms with Gasteiger partial charge in [0.05, 0.1) is 0 Å². The molecule has 0 aliphatic carbocycles. The van der Waals surface area contributed by atoms with Crippen LogP contribution in [0.2, 0.25) is 0 Å². The van der Waals surface area contributed by atoms with E-state index in [1.54, 1.807) is 0 Å². The summed E-state index contributed by atoms with van der Waals surface area (Å²) in [7, 11) is 0. The Morgan fingerprint density at radius 1 is 1.00 bits per heavy atom. The number of hydrogen-bond acceptors (Lipinski definition) is 2. The molecule has 7 heteroatoms. The summed E-state index contributed by atoms with van der Waals surface area (Å²) in [5, 5.41) is 0. The van der Waals surface area contributed by atoms with Gasteiger partial charge in [-0.1, -0.05) is 0 Å². The van der Waals surface area contributed by atoms with Crippen LogP contribution in [0.25, 0.3) is 0 Å². The molecule has 0 rings (SSSR count). The van der Waals surface area contributed by atoms with Crippen LogP contribution in [0.3, 0.4) is 0 Å². The third kappa shape index (κ3) is 103. The van der Waals surface area contributed by atoms with E-state index in [9.17, 15) is 0 Å². The van der Waals surface area contributed by atoms with Gasteiger partial charge in [0.1, 0.15) is 0 Å². The Balaban J connectivity index is -0.00000000333. The Hall–Kier alpha value is 1.48. The molecule has 0 aromatic carbocycles. The summed E-state index contributed by atoms with van der Waals surface area (Å²) < 4.78 is 14.1. The Labute approximate surface area is 71.0 Å². The quantitative estimate of drug-likeness (QED) is 0.515. The van der Waals surface area contributed by atoms with Gasteiger partial charge in [0.2, 0.25) is 0 Å². The van der Waals surface area contributed by atoms with Crippen LogP contribution in [-0.4, -0.2) is 8.50 Å². The van der Waals surface area contributed by atoms with Gasteiger partial charge in [-0.15, -0.1) is 0 Å². The Morgan fingerprint density at radius 3 is 1.00 bits per heavy atom. The van der Waals surface area contributed by atoms with Gasteiger partial charge in [0.25, 0.3) is 0 Å². The van der Waals surface area contributed by atoms with Crippen LogP contribution >= 0.6 is 0 Å². The summed E-state index contributed by atoms with van der Waals surface area (Å²) >= 11 is -0.375. The first-order valence-electron chi connectivity index (χ1n) is 0.283. The predicted molar refractivity (Wildman–Crippen MR) is 5.81 cm³/mol. The van der Waals surface area contributed by atoms with Crippen molar-refractivity contribution < 1.29 is 71.1 Å². The van der Waals surface area contributed by atoms with Crippen molar-refractivity contribution in [2.75, 3.05) is 0 Å². The van der Waals surface area contributed by atoms with E-state index in [-0.39, 0.29) is 62.6 Å². The van der Waals surface area contributed by atoms with Gasteiger partial charge in [-0.25, -0.2) is 0 Å². The van der Waals surface area contributed by atoms with Gasteiger partial charge in [-0.3, -0.25) is 0 Å². The molecule has 0 atom stereocenters. The average molecular weight is 245 g/mol. The fourth-order valence-electron chi connectivity index (χ4n) is 0. The van der Waals surface area contributed by atoms with Gasteiger partial charge in [0.15, 0.2) is 0 Å². The molecule has 0 aromatic heterocycles. The molecule has 0 saturated carbocycles. The second-order valence-corrected chi connectivity index (χ2v) is 0.261. The fourth-order valence-corrected chi connectivity index (χ4v) is 0.